The first kappa shape index (κ1) is 16.1. The third-order valence-electron chi connectivity index (χ3n) is 5.58. The van der Waals surface area contributed by atoms with Gasteiger partial charge in [-0.25, -0.2) is 4.79 Å². The van der Waals surface area contributed by atoms with Crippen LogP contribution in [0.15, 0.2) is 22.6 Å². The molecule has 0 radical (unpaired) electrons. The minimum atomic E-state index is -0.959. The van der Waals surface area contributed by atoms with Crippen LogP contribution in [0, 0.1) is 5.92 Å². The molecule has 0 aromatic rings. The molecule has 4 rings (SSSR count). The number of hydrogen-bond donors (Lipinski definition) is 2. The van der Waals surface area contributed by atoms with E-state index in [0.29, 0.717) is 12.2 Å². The maximum atomic E-state index is 13.0. The first-order valence-corrected chi connectivity index (χ1v) is 7.98. The summed E-state index contributed by atoms with van der Waals surface area (Å²) in [6, 6.07) is 0.109. The molecule has 0 bridgehead atoms. The van der Waals surface area contributed by atoms with Gasteiger partial charge < -0.3 is 30.2 Å². The molecule has 0 spiro atoms. The molecule has 3 heterocycles. The maximum absolute atomic E-state index is 13.0. The predicted molar refractivity (Wildman–Crippen MR) is 82.9 cm³/mol. The number of carbonyl (C=O) groups excluding carboxylic acids is 3. The molecule has 0 saturated carbocycles. The molecular formula is C16H19N3O6. The van der Waals surface area contributed by atoms with Gasteiger partial charge in [-0.15, -0.1) is 0 Å². The minimum absolute atomic E-state index is 0.0144. The number of amides is 1. The fourth-order valence-corrected chi connectivity index (χ4v) is 4.51. The maximum Gasteiger partial charge on any atom is 0.404 e. The summed E-state index contributed by atoms with van der Waals surface area (Å²) < 4.78 is 16.0. The molecule has 9 heteroatoms. The van der Waals surface area contributed by atoms with Crippen LogP contribution in [0.3, 0.4) is 0 Å². The first-order valence-electron chi connectivity index (χ1n) is 7.98. The zero-order chi connectivity index (χ0) is 18.1. The second-order valence-corrected chi connectivity index (χ2v) is 6.58. The van der Waals surface area contributed by atoms with Gasteiger partial charge in [0.05, 0.1) is 24.8 Å². The lowest BCUT2D eigenvalue weighted by Gasteiger charge is -2.39. The Bertz CT molecular complexity index is 772. The van der Waals surface area contributed by atoms with E-state index in [0.717, 1.165) is 0 Å². The highest BCUT2D eigenvalue weighted by atomic mass is 16.6. The van der Waals surface area contributed by atoms with Gasteiger partial charge in [-0.3, -0.25) is 9.59 Å². The lowest BCUT2D eigenvalue weighted by Crippen LogP contribution is -2.55. The molecule has 2 saturated heterocycles. The Morgan fingerprint density at radius 1 is 1.36 bits per heavy atom. The van der Waals surface area contributed by atoms with Gasteiger partial charge in [0, 0.05) is 30.8 Å². The fourth-order valence-electron chi connectivity index (χ4n) is 4.51. The van der Waals surface area contributed by atoms with Crippen molar-refractivity contribution in [3.8, 4) is 0 Å². The number of allylic oxidation sites excluding steroid dienone is 2. The standard InChI is InChI=1S/C16H19N3O6/c1-6-11(20)10-9(12(21)13(6)23-2)7(5-25-15(17)22)16(24-3)14-8(18-14)4-19(10)16/h7-8,14,18H,4-5H2,1-3H3,(H2,17,22)/t7-,8-,14-,16-/m1/s1. The average molecular weight is 349 g/mol. The van der Waals surface area contributed by atoms with Crippen LogP contribution in [0.2, 0.25) is 0 Å². The zero-order valence-corrected chi connectivity index (χ0v) is 14.1. The number of methoxy groups -OCH3 is 2. The molecule has 1 amide bonds. The van der Waals surface area contributed by atoms with Crippen LogP contribution in [0.1, 0.15) is 6.92 Å². The molecule has 0 aromatic carbocycles. The Balaban J connectivity index is 1.84. The number of fused-ring (bicyclic) bond motifs is 4. The molecule has 9 nitrogen and oxygen atoms in total. The number of Topliss-reactive ketones (excluding diaryl/α,β-unsaturated/α-hetero) is 2. The molecule has 0 aromatic heterocycles. The highest BCUT2D eigenvalue weighted by Gasteiger charge is 2.72. The summed E-state index contributed by atoms with van der Waals surface area (Å²) in [5.74, 6) is -1.27. The summed E-state index contributed by atoms with van der Waals surface area (Å²) in [7, 11) is 2.88. The van der Waals surface area contributed by atoms with Crippen LogP contribution in [0.5, 0.6) is 0 Å². The van der Waals surface area contributed by atoms with Crippen molar-refractivity contribution in [3.63, 3.8) is 0 Å². The molecule has 0 unspecified atom stereocenters. The van der Waals surface area contributed by atoms with Gasteiger partial charge >= 0.3 is 6.09 Å². The largest absolute Gasteiger partial charge is 0.492 e. The summed E-state index contributed by atoms with van der Waals surface area (Å²) in [4.78, 5) is 38.9. The van der Waals surface area contributed by atoms with Gasteiger partial charge in [0.1, 0.15) is 6.61 Å². The number of hydrogen-bond acceptors (Lipinski definition) is 8. The summed E-state index contributed by atoms with van der Waals surface area (Å²) in [5, 5.41) is 3.29. The van der Waals surface area contributed by atoms with E-state index in [1.54, 1.807) is 6.92 Å². The average Bonchev–Trinajstić information content (AvgIpc) is 3.18. The van der Waals surface area contributed by atoms with Gasteiger partial charge in [-0.05, 0) is 6.92 Å². The number of ketones is 2. The topological polar surface area (TPSA) is 130 Å². The fraction of sp³-hybridized carbons (Fsp3) is 0.562. The molecule has 25 heavy (non-hydrogen) atoms. The van der Waals surface area contributed by atoms with Crippen molar-refractivity contribution < 1.29 is 28.6 Å². The normalized spacial score (nSPS) is 35.6. The number of ether oxygens (including phenoxy) is 3. The number of carbonyl (C=O) groups is 3. The Hall–Kier alpha value is -2.39. The van der Waals surface area contributed by atoms with Gasteiger partial charge in [-0.2, -0.15) is 0 Å². The second-order valence-electron chi connectivity index (χ2n) is 6.58. The van der Waals surface area contributed by atoms with E-state index in [2.05, 4.69) is 5.32 Å². The monoisotopic (exact) mass is 349 g/mol. The molecule has 4 atom stereocenters. The molecule has 1 aliphatic carbocycles. The number of rotatable bonds is 4. The lowest BCUT2D eigenvalue weighted by molar-refractivity contribution is -0.137. The van der Waals surface area contributed by atoms with Gasteiger partial charge in [-0.1, -0.05) is 0 Å². The van der Waals surface area contributed by atoms with Crippen LogP contribution in [0.25, 0.3) is 0 Å². The van der Waals surface area contributed by atoms with E-state index in [9.17, 15) is 14.4 Å². The summed E-state index contributed by atoms with van der Waals surface area (Å²) in [6.45, 7) is 1.96. The van der Waals surface area contributed by atoms with E-state index in [-0.39, 0.29) is 47.2 Å². The number of piperazine rings is 1. The molecule has 4 aliphatic rings. The highest BCUT2D eigenvalue weighted by Crippen LogP contribution is 2.55. The van der Waals surface area contributed by atoms with Crippen molar-refractivity contribution >= 4 is 17.7 Å². The van der Waals surface area contributed by atoms with Crippen LogP contribution < -0.4 is 11.1 Å². The Kier molecular flexibility index (Phi) is 3.26. The number of nitrogens with two attached hydrogens (primary N) is 1. The second kappa shape index (κ2) is 5.06. The summed E-state index contributed by atoms with van der Waals surface area (Å²) in [5.41, 5.74) is 5.00. The van der Waals surface area contributed by atoms with Gasteiger partial charge in [0.15, 0.2) is 11.5 Å². The highest BCUT2D eigenvalue weighted by molar-refractivity contribution is 6.25. The quantitative estimate of drug-likeness (QED) is 0.490. The van der Waals surface area contributed by atoms with Crippen molar-refractivity contribution in [3.05, 3.63) is 22.6 Å². The van der Waals surface area contributed by atoms with E-state index in [1.165, 1.54) is 14.2 Å². The third kappa shape index (κ3) is 1.82. The lowest BCUT2D eigenvalue weighted by atomic mass is 9.83. The zero-order valence-electron chi connectivity index (χ0n) is 14.1. The van der Waals surface area contributed by atoms with Crippen molar-refractivity contribution in [2.75, 3.05) is 27.4 Å². The van der Waals surface area contributed by atoms with Crippen molar-refractivity contribution in [2.45, 2.75) is 24.7 Å². The number of primary amides is 1. The van der Waals surface area contributed by atoms with Crippen LogP contribution in [0.4, 0.5) is 4.79 Å². The smallest absolute Gasteiger partial charge is 0.404 e. The minimum Gasteiger partial charge on any atom is -0.492 e. The van der Waals surface area contributed by atoms with E-state index in [1.807, 2.05) is 4.90 Å². The Morgan fingerprint density at radius 3 is 2.68 bits per heavy atom. The van der Waals surface area contributed by atoms with Crippen molar-refractivity contribution in [1.82, 2.24) is 10.2 Å². The summed E-state index contributed by atoms with van der Waals surface area (Å²) in [6.07, 6.45) is -0.946. The van der Waals surface area contributed by atoms with E-state index in [4.69, 9.17) is 19.9 Å². The molecule has 3 N–H and O–H groups in total. The number of nitrogens with one attached hydrogen (secondary N) is 1. The van der Waals surface area contributed by atoms with Gasteiger partial charge in [0.2, 0.25) is 11.6 Å². The third-order valence-corrected chi connectivity index (χ3v) is 5.58. The van der Waals surface area contributed by atoms with E-state index < -0.39 is 17.7 Å². The first-order chi connectivity index (χ1) is 11.9. The number of nitrogens with zero attached hydrogens (tertiary/aromatic N) is 1. The molecule has 2 fully saturated rings. The molecular weight excluding hydrogens is 330 g/mol. The summed E-state index contributed by atoms with van der Waals surface area (Å²) >= 11 is 0. The van der Waals surface area contributed by atoms with Crippen LogP contribution >= 0.6 is 0 Å². The molecule has 3 aliphatic heterocycles. The van der Waals surface area contributed by atoms with Gasteiger partial charge in [0.25, 0.3) is 0 Å². The van der Waals surface area contributed by atoms with Crippen molar-refractivity contribution in [2.24, 2.45) is 11.7 Å². The Labute approximate surface area is 143 Å². The molecule has 134 valence electrons. The predicted octanol–water partition coefficient (Wildman–Crippen LogP) is -0.963. The van der Waals surface area contributed by atoms with Crippen LogP contribution in [-0.4, -0.2) is 67.7 Å². The van der Waals surface area contributed by atoms with Crippen LogP contribution in [-0.2, 0) is 23.8 Å². The SMILES string of the molecule is COC1=C(C)C(=O)C2=C(C1=O)[C@@H](COC(N)=O)[C@@]1(OC)[C@@H]3N[C@@H]3CN21. The van der Waals surface area contributed by atoms with E-state index >= 15 is 0 Å². The van der Waals surface area contributed by atoms with Crippen molar-refractivity contribution in [1.29, 1.82) is 0 Å². The Morgan fingerprint density at radius 2 is 2.08 bits per heavy atom.